The summed E-state index contributed by atoms with van der Waals surface area (Å²) >= 11 is 0. The third-order valence-electron chi connectivity index (χ3n) is 5.59. The first kappa shape index (κ1) is 20.1. The lowest BCUT2D eigenvalue weighted by molar-refractivity contribution is -0.143. The first-order chi connectivity index (χ1) is 14.4. The molecule has 9 nitrogen and oxygen atoms in total. The van der Waals surface area contributed by atoms with Gasteiger partial charge < -0.3 is 9.30 Å². The summed E-state index contributed by atoms with van der Waals surface area (Å²) in [6, 6.07) is 8.33. The maximum Gasteiger partial charge on any atom is 0.332 e. The van der Waals surface area contributed by atoms with Crippen LogP contribution in [0.3, 0.4) is 0 Å². The molecule has 0 atom stereocenters. The van der Waals surface area contributed by atoms with Crippen LogP contribution in [-0.4, -0.2) is 42.7 Å². The predicted molar refractivity (Wildman–Crippen MR) is 111 cm³/mol. The van der Waals surface area contributed by atoms with Crippen molar-refractivity contribution in [3.63, 3.8) is 0 Å². The third kappa shape index (κ3) is 3.45. The highest BCUT2D eigenvalue weighted by Crippen LogP contribution is 2.21. The van der Waals surface area contributed by atoms with Crippen LogP contribution in [0.4, 0.5) is 0 Å². The van der Waals surface area contributed by atoms with Crippen molar-refractivity contribution in [2.45, 2.75) is 33.0 Å². The van der Waals surface area contributed by atoms with E-state index in [-0.39, 0.29) is 24.3 Å². The minimum Gasteiger partial charge on any atom is -0.465 e. The molecule has 1 aliphatic heterocycles. The molecule has 0 N–H and O–H groups in total. The van der Waals surface area contributed by atoms with Crippen LogP contribution in [0.25, 0.3) is 11.2 Å². The van der Waals surface area contributed by atoms with Crippen molar-refractivity contribution in [3.05, 3.63) is 62.1 Å². The second-order valence-corrected chi connectivity index (χ2v) is 7.53. The number of carbonyl (C=O) groups is 1. The number of benzene rings is 1. The molecule has 9 heteroatoms. The summed E-state index contributed by atoms with van der Waals surface area (Å²) in [6.45, 7) is 3.92. The zero-order chi connectivity index (χ0) is 21.4. The molecule has 0 unspecified atom stereocenters. The largest absolute Gasteiger partial charge is 0.465 e. The van der Waals surface area contributed by atoms with Gasteiger partial charge in [-0.05, 0) is 24.5 Å². The molecule has 0 aliphatic carbocycles. The van der Waals surface area contributed by atoms with Crippen molar-refractivity contribution < 1.29 is 9.53 Å². The number of hydrogen-bond donors (Lipinski definition) is 0. The number of aryl methyl sites for hydroxylation is 1. The molecule has 0 fully saturated rings. The highest BCUT2D eigenvalue weighted by atomic mass is 16.5. The average Bonchev–Trinajstić information content (AvgIpc) is 3.08. The third-order valence-corrected chi connectivity index (χ3v) is 5.59. The Morgan fingerprint density at radius 2 is 1.87 bits per heavy atom. The van der Waals surface area contributed by atoms with Gasteiger partial charge >= 0.3 is 11.7 Å². The van der Waals surface area contributed by atoms with Crippen LogP contribution in [0.2, 0.25) is 0 Å². The van der Waals surface area contributed by atoms with E-state index in [1.165, 1.54) is 22.7 Å². The summed E-state index contributed by atoms with van der Waals surface area (Å²) in [6.07, 6.45) is 0.925. The van der Waals surface area contributed by atoms with Gasteiger partial charge in [-0.3, -0.25) is 23.6 Å². The van der Waals surface area contributed by atoms with Crippen LogP contribution in [0.1, 0.15) is 23.9 Å². The van der Waals surface area contributed by atoms with Gasteiger partial charge in [-0.1, -0.05) is 24.3 Å². The van der Waals surface area contributed by atoms with E-state index < -0.39 is 17.2 Å². The van der Waals surface area contributed by atoms with Crippen molar-refractivity contribution in [1.82, 2.24) is 23.6 Å². The van der Waals surface area contributed by atoms with Gasteiger partial charge in [0.15, 0.2) is 11.2 Å². The second kappa shape index (κ2) is 7.91. The van der Waals surface area contributed by atoms with Crippen LogP contribution < -0.4 is 11.2 Å². The smallest absolute Gasteiger partial charge is 0.332 e. The molecule has 2 aromatic heterocycles. The molecule has 30 heavy (non-hydrogen) atoms. The standard InChI is InChI=1S/C21H25N5O4/c1-4-30-17(27)13-26-16(12-25-10-9-14-7-5-6-8-15(14)11-25)22-19-18(26)20(28)24(3)21(29)23(19)2/h5-8H,4,9-13H2,1-3H3. The van der Waals surface area contributed by atoms with Crippen molar-refractivity contribution in [2.24, 2.45) is 14.1 Å². The monoisotopic (exact) mass is 411 g/mol. The molecular weight excluding hydrogens is 386 g/mol. The summed E-state index contributed by atoms with van der Waals surface area (Å²) in [7, 11) is 3.00. The lowest BCUT2D eigenvalue weighted by atomic mass is 10.00. The quantitative estimate of drug-likeness (QED) is 0.570. The zero-order valence-electron chi connectivity index (χ0n) is 17.4. The normalized spacial score (nSPS) is 14.1. The van der Waals surface area contributed by atoms with Crippen LogP contribution in [0.15, 0.2) is 33.9 Å². The Bertz CT molecular complexity index is 1240. The lowest BCUT2D eigenvalue weighted by Crippen LogP contribution is -2.38. The van der Waals surface area contributed by atoms with Gasteiger partial charge in [0.2, 0.25) is 0 Å². The van der Waals surface area contributed by atoms with E-state index in [9.17, 15) is 14.4 Å². The SMILES string of the molecule is CCOC(=O)Cn1c(CN2CCc3ccccc3C2)nc2c1c(=O)n(C)c(=O)n2C. The number of fused-ring (bicyclic) bond motifs is 2. The molecule has 3 aromatic rings. The Labute approximate surface area is 173 Å². The topological polar surface area (TPSA) is 91.4 Å². The Kier molecular flexibility index (Phi) is 5.29. The number of nitrogens with zero attached hydrogens (tertiary/aromatic N) is 5. The first-order valence-corrected chi connectivity index (χ1v) is 10.0. The maximum absolute atomic E-state index is 12.9. The molecule has 0 spiro atoms. The number of rotatable bonds is 5. The van der Waals surface area contributed by atoms with E-state index in [1.54, 1.807) is 18.5 Å². The van der Waals surface area contributed by atoms with Gasteiger partial charge in [-0.25, -0.2) is 9.78 Å². The molecule has 0 saturated carbocycles. The van der Waals surface area contributed by atoms with Gasteiger partial charge in [0, 0.05) is 27.2 Å². The Morgan fingerprint density at radius 1 is 1.13 bits per heavy atom. The van der Waals surface area contributed by atoms with Crippen LogP contribution in [0, 0.1) is 0 Å². The molecule has 0 amide bonds. The summed E-state index contributed by atoms with van der Waals surface area (Å²) < 4.78 is 9.07. The first-order valence-electron chi connectivity index (χ1n) is 10.0. The number of imidazole rings is 1. The van der Waals surface area contributed by atoms with Gasteiger partial charge in [-0.15, -0.1) is 0 Å². The van der Waals surface area contributed by atoms with Gasteiger partial charge in [-0.2, -0.15) is 0 Å². The highest BCUT2D eigenvalue weighted by molar-refractivity contribution is 5.76. The summed E-state index contributed by atoms with van der Waals surface area (Å²) in [5.41, 5.74) is 2.19. The van der Waals surface area contributed by atoms with Crippen molar-refractivity contribution in [1.29, 1.82) is 0 Å². The Morgan fingerprint density at radius 3 is 2.60 bits per heavy atom. The number of ether oxygens (including phenoxy) is 1. The van der Waals surface area contributed by atoms with Crippen LogP contribution in [0.5, 0.6) is 0 Å². The van der Waals surface area contributed by atoms with Crippen LogP contribution in [-0.2, 0) is 49.7 Å². The van der Waals surface area contributed by atoms with Crippen molar-refractivity contribution in [2.75, 3.05) is 13.2 Å². The molecule has 0 radical (unpaired) electrons. The Balaban J connectivity index is 1.78. The Hall–Kier alpha value is -3.20. The number of carbonyl (C=O) groups excluding carboxylic acids is 1. The summed E-state index contributed by atoms with van der Waals surface area (Å²) in [4.78, 5) is 44.3. The van der Waals surface area contributed by atoms with E-state index in [4.69, 9.17) is 4.74 Å². The number of esters is 1. The molecule has 1 aliphatic rings. The molecule has 4 rings (SSSR count). The minimum atomic E-state index is -0.472. The molecule has 0 bridgehead atoms. The number of aromatic nitrogens is 4. The molecule has 0 saturated heterocycles. The van der Waals surface area contributed by atoms with E-state index >= 15 is 0 Å². The zero-order valence-corrected chi connectivity index (χ0v) is 17.4. The van der Waals surface area contributed by atoms with Gasteiger partial charge in [0.25, 0.3) is 5.56 Å². The highest BCUT2D eigenvalue weighted by Gasteiger charge is 2.24. The predicted octanol–water partition coefficient (Wildman–Crippen LogP) is 0.555. The molecule has 3 heterocycles. The van der Waals surface area contributed by atoms with E-state index in [2.05, 4.69) is 22.0 Å². The fourth-order valence-corrected chi connectivity index (χ4v) is 4.01. The van der Waals surface area contributed by atoms with Crippen LogP contribution >= 0.6 is 0 Å². The number of hydrogen-bond acceptors (Lipinski definition) is 6. The fraction of sp³-hybridized carbons (Fsp3) is 0.429. The van der Waals surface area contributed by atoms with Crippen molar-refractivity contribution in [3.8, 4) is 0 Å². The molecule has 1 aromatic carbocycles. The summed E-state index contributed by atoms with van der Waals surface area (Å²) in [5.74, 6) is 0.119. The minimum absolute atomic E-state index is 0.127. The molecule has 158 valence electrons. The van der Waals surface area contributed by atoms with E-state index in [1.807, 2.05) is 12.1 Å². The van der Waals surface area contributed by atoms with E-state index in [0.717, 1.165) is 24.1 Å². The van der Waals surface area contributed by atoms with Gasteiger partial charge in [0.1, 0.15) is 12.4 Å². The average molecular weight is 411 g/mol. The summed E-state index contributed by atoms with van der Waals surface area (Å²) in [5, 5.41) is 0. The fourth-order valence-electron chi connectivity index (χ4n) is 4.01. The van der Waals surface area contributed by atoms with Gasteiger partial charge in [0.05, 0.1) is 13.2 Å². The second-order valence-electron chi connectivity index (χ2n) is 7.53. The maximum atomic E-state index is 12.9. The van der Waals surface area contributed by atoms with E-state index in [0.29, 0.717) is 12.4 Å². The molecular formula is C21H25N5O4. The van der Waals surface area contributed by atoms with Crippen molar-refractivity contribution >= 4 is 17.1 Å². The lowest BCUT2D eigenvalue weighted by Gasteiger charge is -2.28.